The monoisotopic (exact) mass is 349 g/mol. The van der Waals surface area contributed by atoms with E-state index in [0.717, 1.165) is 36.5 Å². The van der Waals surface area contributed by atoms with Crippen molar-refractivity contribution < 1.29 is 14.3 Å². The van der Waals surface area contributed by atoms with Crippen LogP contribution in [0.1, 0.15) is 25.7 Å². The summed E-state index contributed by atoms with van der Waals surface area (Å²) in [6.07, 6.45) is 3.38. The summed E-state index contributed by atoms with van der Waals surface area (Å²) < 4.78 is 5.15. The number of anilines is 1. The number of carbonyl (C=O) groups excluding carboxylic acids is 2. The third-order valence-electron chi connectivity index (χ3n) is 4.43. The van der Waals surface area contributed by atoms with Crippen molar-refractivity contribution in [1.29, 1.82) is 0 Å². The molecule has 2 aliphatic heterocycles. The molecule has 3 rings (SSSR count). The van der Waals surface area contributed by atoms with E-state index in [4.69, 9.17) is 4.74 Å². The Labute approximate surface area is 146 Å². The van der Waals surface area contributed by atoms with E-state index in [1.165, 1.54) is 0 Å². The Kier molecular flexibility index (Phi) is 5.50. The maximum absolute atomic E-state index is 12.0. The number of urea groups is 1. The second kappa shape index (κ2) is 7.79. The van der Waals surface area contributed by atoms with Gasteiger partial charge in [-0.2, -0.15) is 11.8 Å². The smallest absolute Gasteiger partial charge is 0.315 e. The summed E-state index contributed by atoms with van der Waals surface area (Å²) in [6.45, 7) is 0. The standard InChI is InChI=1S/C17H23N3O3S/c1-23-12-6-4-5-11(9-12)18-15(21)8-3-2-7-14-16-13(10-24-14)19-17(22)20-16/h4-6,9,13-14,16H,2-3,7-8,10H2,1H3,(H,18,21)(H2,19,20,22)/t13-,14-,16-/m0/s1. The molecule has 0 saturated carbocycles. The van der Waals surface area contributed by atoms with Crippen LogP contribution in [0.15, 0.2) is 24.3 Å². The number of methoxy groups -OCH3 is 1. The molecule has 0 aromatic heterocycles. The van der Waals surface area contributed by atoms with Gasteiger partial charge in [0.15, 0.2) is 0 Å². The molecule has 3 amide bonds. The lowest BCUT2D eigenvalue weighted by molar-refractivity contribution is -0.116. The van der Waals surface area contributed by atoms with Gasteiger partial charge in [0.05, 0.1) is 19.2 Å². The number of carbonyl (C=O) groups is 2. The van der Waals surface area contributed by atoms with E-state index in [2.05, 4.69) is 16.0 Å². The molecule has 24 heavy (non-hydrogen) atoms. The van der Waals surface area contributed by atoms with Gasteiger partial charge in [0, 0.05) is 29.2 Å². The van der Waals surface area contributed by atoms with Crippen LogP contribution in [-0.2, 0) is 4.79 Å². The first-order valence-corrected chi connectivity index (χ1v) is 9.33. The first kappa shape index (κ1) is 17.0. The zero-order valence-electron chi connectivity index (χ0n) is 13.7. The highest BCUT2D eigenvalue weighted by Gasteiger charge is 2.42. The van der Waals surface area contributed by atoms with E-state index in [1.807, 2.05) is 36.0 Å². The predicted octanol–water partition coefficient (Wildman–Crippen LogP) is 2.36. The van der Waals surface area contributed by atoms with E-state index < -0.39 is 0 Å². The molecule has 0 spiro atoms. The van der Waals surface area contributed by atoms with Crippen molar-refractivity contribution in [1.82, 2.24) is 10.6 Å². The highest BCUT2D eigenvalue weighted by atomic mass is 32.2. The van der Waals surface area contributed by atoms with E-state index in [9.17, 15) is 9.59 Å². The third-order valence-corrected chi connectivity index (χ3v) is 5.94. The van der Waals surface area contributed by atoms with Crippen LogP contribution in [0.2, 0.25) is 0 Å². The van der Waals surface area contributed by atoms with E-state index in [0.29, 0.717) is 11.7 Å². The Morgan fingerprint density at radius 1 is 1.38 bits per heavy atom. The van der Waals surface area contributed by atoms with Gasteiger partial charge in [-0.3, -0.25) is 4.79 Å². The van der Waals surface area contributed by atoms with Crippen LogP contribution in [0.25, 0.3) is 0 Å². The topological polar surface area (TPSA) is 79.5 Å². The fraction of sp³-hybridized carbons (Fsp3) is 0.529. The van der Waals surface area contributed by atoms with Crippen LogP contribution in [0, 0.1) is 0 Å². The number of nitrogens with one attached hydrogen (secondary N) is 3. The van der Waals surface area contributed by atoms with E-state index >= 15 is 0 Å². The number of amides is 3. The van der Waals surface area contributed by atoms with Gasteiger partial charge in [-0.15, -0.1) is 0 Å². The Morgan fingerprint density at radius 2 is 2.25 bits per heavy atom. The molecular weight excluding hydrogens is 326 g/mol. The molecule has 3 atom stereocenters. The van der Waals surface area contributed by atoms with Crippen molar-refractivity contribution in [2.45, 2.75) is 43.0 Å². The zero-order chi connectivity index (χ0) is 16.9. The van der Waals surface area contributed by atoms with Gasteiger partial charge in [-0.25, -0.2) is 4.79 Å². The zero-order valence-corrected chi connectivity index (χ0v) is 14.5. The largest absolute Gasteiger partial charge is 0.497 e. The highest BCUT2D eigenvalue weighted by Crippen LogP contribution is 2.33. The van der Waals surface area contributed by atoms with Gasteiger partial charge in [-0.05, 0) is 25.0 Å². The van der Waals surface area contributed by atoms with Crippen LogP contribution < -0.4 is 20.7 Å². The number of fused-ring (bicyclic) bond motifs is 1. The Balaban J connectivity index is 1.36. The molecule has 2 saturated heterocycles. The van der Waals surface area contributed by atoms with E-state index in [1.54, 1.807) is 7.11 Å². The van der Waals surface area contributed by atoms with Gasteiger partial charge in [0.25, 0.3) is 0 Å². The number of hydrogen-bond donors (Lipinski definition) is 3. The molecule has 0 bridgehead atoms. The number of rotatable bonds is 7. The average molecular weight is 349 g/mol. The molecule has 3 N–H and O–H groups in total. The molecule has 2 aliphatic rings. The second-order valence-electron chi connectivity index (χ2n) is 6.15. The summed E-state index contributed by atoms with van der Waals surface area (Å²) in [5.74, 6) is 1.73. The van der Waals surface area contributed by atoms with Gasteiger partial charge in [-0.1, -0.05) is 12.5 Å². The molecule has 0 aliphatic carbocycles. The Bertz CT molecular complexity index is 610. The molecule has 7 heteroatoms. The second-order valence-corrected chi connectivity index (χ2v) is 7.42. The van der Waals surface area contributed by atoms with Crippen molar-refractivity contribution in [3.63, 3.8) is 0 Å². The summed E-state index contributed by atoms with van der Waals surface area (Å²) in [4.78, 5) is 23.4. The SMILES string of the molecule is COc1cccc(NC(=O)CCCC[C@@H]2SC[C@@H]3NC(=O)N[C@@H]32)c1. The summed E-state index contributed by atoms with van der Waals surface area (Å²) in [5, 5.41) is 9.29. The fourth-order valence-electron chi connectivity index (χ4n) is 3.20. The minimum Gasteiger partial charge on any atom is -0.497 e. The van der Waals surface area contributed by atoms with Gasteiger partial charge >= 0.3 is 6.03 Å². The normalized spacial score (nSPS) is 24.9. The summed E-state index contributed by atoms with van der Waals surface area (Å²) in [5.41, 5.74) is 0.758. The Hall–Kier alpha value is -1.89. The van der Waals surface area contributed by atoms with Crippen LogP contribution in [0.3, 0.4) is 0 Å². The van der Waals surface area contributed by atoms with Crippen LogP contribution >= 0.6 is 11.8 Å². The first-order valence-electron chi connectivity index (χ1n) is 8.28. The van der Waals surface area contributed by atoms with Crippen LogP contribution in [-0.4, -0.2) is 42.1 Å². The highest BCUT2D eigenvalue weighted by molar-refractivity contribution is 8.00. The molecule has 1 aromatic carbocycles. The molecule has 2 heterocycles. The summed E-state index contributed by atoms with van der Waals surface area (Å²) >= 11 is 1.91. The van der Waals surface area contributed by atoms with Crippen molar-refractivity contribution in [3.05, 3.63) is 24.3 Å². The minimum atomic E-state index is -0.0482. The number of benzene rings is 1. The molecule has 6 nitrogen and oxygen atoms in total. The molecule has 130 valence electrons. The first-order chi connectivity index (χ1) is 11.7. The number of unbranched alkanes of at least 4 members (excludes halogenated alkanes) is 1. The molecule has 2 fully saturated rings. The molecule has 0 radical (unpaired) electrons. The molecule has 0 unspecified atom stereocenters. The lowest BCUT2D eigenvalue weighted by Gasteiger charge is -2.16. The predicted molar refractivity (Wildman–Crippen MR) is 95.6 cm³/mol. The number of ether oxygens (including phenoxy) is 1. The van der Waals surface area contributed by atoms with Crippen molar-refractivity contribution in [2.75, 3.05) is 18.2 Å². The molecule has 1 aromatic rings. The number of hydrogen-bond acceptors (Lipinski definition) is 4. The van der Waals surface area contributed by atoms with Crippen LogP contribution in [0.4, 0.5) is 10.5 Å². The molecular formula is C17H23N3O3S. The van der Waals surface area contributed by atoms with Crippen molar-refractivity contribution in [2.24, 2.45) is 0 Å². The van der Waals surface area contributed by atoms with E-state index in [-0.39, 0.29) is 24.0 Å². The summed E-state index contributed by atoms with van der Waals surface area (Å²) in [7, 11) is 1.61. The van der Waals surface area contributed by atoms with Crippen molar-refractivity contribution >= 4 is 29.4 Å². The fourth-order valence-corrected chi connectivity index (χ4v) is 4.74. The van der Waals surface area contributed by atoms with Crippen molar-refractivity contribution in [3.8, 4) is 5.75 Å². The lowest BCUT2D eigenvalue weighted by atomic mass is 10.0. The number of thioether (sulfide) groups is 1. The lowest BCUT2D eigenvalue weighted by Crippen LogP contribution is -2.36. The third kappa shape index (κ3) is 4.14. The maximum atomic E-state index is 12.0. The minimum absolute atomic E-state index is 0.0241. The Morgan fingerprint density at radius 3 is 3.08 bits per heavy atom. The van der Waals surface area contributed by atoms with Gasteiger partial charge in [0.1, 0.15) is 5.75 Å². The average Bonchev–Trinajstić information content (AvgIpc) is 3.11. The van der Waals surface area contributed by atoms with Crippen LogP contribution in [0.5, 0.6) is 5.75 Å². The quantitative estimate of drug-likeness (QED) is 0.521. The van der Waals surface area contributed by atoms with Gasteiger partial charge < -0.3 is 20.7 Å². The summed E-state index contributed by atoms with van der Waals surface area (Å²) in [6, 6.07) is 7.82. The maximum Gasteiger partial charge on any atom is 0.315 e. The van der Waals surface area contributed by atoms with Gasteiger partial charge in [0.2, 0.25) is 5.91 Å².